The van der Waals surface area contributed by atoms with Crippen molar-refractivity contribution in [1.29, 1.82) is 0 Å². The van der Waals surface area contributed by atoms with Gasteiger partial charge in [0.2, 0.25) is 5.91 Å². The van der Waals surface area contributed by atoms with Crippen molar-refractivity contribution in [2.75, 3.05) is 16.8 Å². The summed E-state index contributed by atoms with van der Waals surface area (Å²) in [4.78, 5) is 26.0. The zero-order valence-corrected chi connectivity index (χ0v) is 14.3. The van der Waals surface area contributed by atoms with E-state index in [1.165, 1.54) is 5.56 Å². The number of benzene rings is 2. The first-order chi connectivity index (χ1) is 11.5. The second-order valence-corrected chi connectivity index (χ2v) is 6.37. The van der Waals surface area contributed by atoms with E-state index in [-0.39, 0.29) is 11.8 Å². The zero-order valence-electron chi connectivity index (χ0n) is 14.3. The van der Waals surface area contributed by atoms with Crippen molar-refractivity contribution in [2.45, 2.75) is 33.6 Å². The van der Waals surface area contributed by atoms with Crippen LogP contribution in [0.15, 0.2) is 36.4 Å². The van der Waals surface area contributed by atoms with E-state index < -0.39 is 0 Å². The SMILES string of the molecule is CC(=O)N1CCCc2cc(NC(=O)c3ccc(C)c(C)c3)ccc21. The van der Waals surface area contributed by atoms with Gasteiger partial charge in [-0.1, -0.05) is 6.07 Å². The van der Waals surface area contributed by atoms with Crippen LogP contribution in [0.3, 0.4) is 0 Å². The lowest BCUT2D eigenvalue weighted by Gasteiger charge is -2.29. The molecule has 1 aliphatic rings. The molecule has 0 fully saturated rings. The van der Waals surface area contributed by atoms with Crippen molar-refractivity contribution in [3.05, 3.63) is 58.7 Å². The third-order valence-electron chi connectivity index (χ3n) is 4.61. The summed E-state index contributed by atoms with van der Waals surface area (Å²) in [5, 5.41) is 2.96. The summed E-state index contributed by atoms with van der Waals surface area (Å²) >= 11 is 0. The maximum Gasteiger partial charge on any atom is 0.255 e. The van der Waals surface area contributed by atoms with Gasteiger partial charge in [0.25, 0.3) is 5.91 Å². The van der Waals surface area contributed by atoms with E-state index in [2.05, 4.69) is 5.32 Å². The third-order valence-corrected chi connectivity index (χ3v) is 4.61. The Kier molecular flexibility index (Phi) is 4.38. The van der Waals surface area contributed by atoms with E-state index in [0.29, 0.717) is 5.56 Å². The molecule has 124 valence electrons. The quantitative estimate of drug-likeness (QED) is 0.913. The van der Waals surface area contributed by atoms with Gasteiger partial charge in [0, 0.05) is 30.4 Å². The molecule has 0 saturated heterocycles. The van der Waals surface area contributed by atoms with E-state index in [1.807, 2.05) is 50.2 Å². The molecule has 0 bridgehead atoms. The summed E-state index contributed by atoms with van der Waals surface area (Å²) in [6, 6.07) is 11.5. The second-order valence-electron chi connectivity index (χ2n) is 6.37. The number of rotatable bonds is 2. The first kappa shape index (κ1) is 16.2. The Labute approximate surface area is 142 Å². The highest BCUT2D eigenvalue weighted by Gasteiger charge is 2.20. The van der Waals surface area contributed by atoms with Crippen molar-refractivity contribution in [1.82, 2.24) is 0 Å². The molecule has 24 heavy (non-hydrogen) atoms. The van der Waals surface area contributed by atoms with Crippen molar-refractivity contribution >= 4 is 23.2 Å². The van der Waals surface area contributed by atoms with E-state index in [9.17, 15) is 9.59 Å². The number of aryl methyl sites for hydroxylation is 3. The van der Waals surface area contributed by atoms with Crippen LogP contribution in [0, 0.1) is 13.8 Å². The van der Waals surface area contributed by atoms with Gasteiger partial charge in [-0.15, -0.1) is 0 Å². The summed E-state index contributed by atoms with van der Waals surface area (Å²) in [5.41, 5.74) is 5.76. The molecule has 1 heterocycles. The zero-order chi connectivity index (χ0) is 17.3. The molecule has 0 unspecified atom stereocenters. The minimum absolute atomic E-state index is 0.0582. The largest absolute Gasteiger partial charge is 0.322 e. The van der Waals surface area contributed by atoms with Crippen LogP contribution >= 0.6 is 0 Å². The molecule has 1 aliphatic heterocycles. The smallest absolute Gasteiger partial charge is 0.255 e. The molecule has 2 amide bonds. The maximum atomic E-state index is 12.4. The molecule has 1 N–H and O–H groups in total. The van der Waals surface area contributed by atoms with E-state index in [4.69, 9.17) is 0 Å². The summed E-state index contributed by atoms with van der Waals surface area (Å²) in [6.45, 7) is 6.38. The Morgan fingerprint density at radius 1 is 1.04 bits per heavy atom. The van der Waals surface area contributed by atoms with Crippen molar-refractivity contribution in [2.24, 2.45) is 0 Å². The number of hydrogen-bond donors (Lipinski definition) is 1. The molecule has 2 aromatic rings. The number of carbonyl (C=O) groups is 2. The fourth-order valence-corrected chi connectivity index (χ4v) is 3.09. The first-order valence-electron chi connectivity index (χ1n) is 8.25. The standard InChI is InChI=1S/C20H22N2O2/c1-13-6-7-17(11-14(13)2)20(24)21-18-8-9-19-16(12-18)5-4-10-22(19)15(3)23/h6-9,11-12H,4-5,10H2,1-3H3,(H,21,24). The Morgan fingerprint density at radius 3 is 2.54 bits per heavy atom. The van der Waals surface area contributed by atoms with Crippen LogP contribution in [-0.2, 0) is 11.2 Å². The van der Waals surface area contributed by atoms with Crippen LogP contribution in [0.4, 0.5) is 11.4 Å². The fourth-order valence-electron chi connectivity index (χ4n) is 3.09. The molecule has 0 aromatic heterocycles. The number of nitrogens with one attached hydrogen (secondary N) is 1. The minimum atomic E-state index is -0.114. The Morgan fingerprint density at radius 2 is 1.83 bits per heavy atom. The van der Waals surface area contributed by atoms with Gasteiger partial charge in [0.1, 0.15) is 0 Å². The van der Waals surface area contributed by atoms with Gasteiger partial charge in [0.05, 0.1) is 0 Å². The molecule has 4 nitrogen and oxygen atoms in total. The summed E-state index contributed by atoms with van der Waals surface area (Å²) in [7, 11) is 0. The fraction of sp³-hybridized carbons (Fsp3) is 0.300. The maximum absolute atomic E-state index is 12.4. The average molecular weight is 322 g/mol. The number of anilines is 2. The number of amides is 2. The Bertz CT molecular complexity index is 811. The third kappa shape index (κ3) is 3.18. The lowest BCUT2D eigenvalue weighted by atomic mass is 10.0. The van der Waals surface area contributed by atoms with E-state index >= 15 is 0 Å². The highest BCUT2D eigenvalue weighted by Crippen LogP contribution is 2.30. The molecule has 2 aromatic carbocycles. The molecule has 0 atom stereocenters. The predicted molar refractivity (Wildman–Crippen MR) is 96.7 cm³/mol. The molecular weight excluding hydrogens is 300 g/mol. The lowest BCUT2D eigenvalue weighted by Crippen LogP contribution is -2.33. The monoisotopic (exact) mass is 322 g/mol. The van der Waals surface area contributed by atoms with E-state index in [1.54, 1.807) is 11.8 Å². The molecule has 0 radical (unpaired) electrons. The molecular formula is C20H22N2O2. The number of carbonyl (C=O) groups excluding carboxylic acids is 2. The molecule has 0 spiro atoms. The molecule has 4 heteroatoms. The highest BCUT2D eigenvalue weighted by atomic mass is 16.2. The van der Waals surface area contributed by atoms with Crippen LogP contribution in [0.25, 0.3) is 0 Å². The van der Waals surface area contributed by atoms with Crippen LogP contribution in [0.1, 0.15) is 40.4 Å². The number of nitrogens with zero attached hydrogens (tertiary/aromatic N) is 1. The van der Waals surface area contributed by atoms with Gasteiger partial charge in [-0.25, -0.2) is 0 Å². The van der Waals surface area contributed by atoms with Gasteiger partial charge in [-0.05, 0) is 73.7 Å². The predicted octanol–water partition coefficient (Wildman–Crippen LogP) is 3.85. The first-order valence-corrected chi connectivity index (χ1v) is 8.25. The van der Waals surface area contributed by atoms with E-state index in [0.717, 1.165) is 41.9 Å². The molecule has 0 saturated carbocycles. The van der Waals surface area contributed by atoms with Crippen molar-refractivity contribution < 1.29 is 9.59 Å². The van der Waals surface area contributed by atoms with Gasteiger partial charge < -0.3 is 10.2 Å². The highest BCUT2D eigenvalue weighted by molar-refractivity contribution is 6.04. The second kappa shape index (κ2) is 6.48. The van der Waals surface area contributed by atoms with Gasteiger partial charge in [-0.2, -0.15) is 0 Å². The summed E-state index contributed by atoms with van der Waals surface area (Å²) < 4.78 is 0. The Hall–Kier alpha value is -2.62. The molecule has 3 rings (SSSR count). The van der Waals surface area contributed by atoms with Crippen LogP contribution in [-0.4, -0.2) is 18.4 Å². The van der Waals surface area contributed by atoms with Crippen molar-refractivity contribution in [3.8, 4) is 0 Å². The number of fused-ring (bicyclic) bond motifs is 1. The summed E-state index contributed by atoms with van der Waals surface area (Å²) in [6.07, 6.45) is 1.87. The average Bonchev–Trinajstić information content (AvgIpc) is 2.56. The molecule has 0 aliphatic carbocycles. The van der Waals surface area contributed by atoms with Crippen molar-refractivity contribution in [3.63, 3.8) is 0 Å². The van der Waals surface area contributed by atoms with Gasteiger partial charge in [0.15, 0.2) is 0 Å². The minimum Gasteiger partial charge on any atom is -0.322 e. The number of hydrogen-bond acceptors (Lipinski definition) is 2. The van der Waals surface area contributed by atoms with Crippen LogP contribution < -0.4 is 10.2 Å². The van der Waals surface area contributed by atoms with Gasteiger partial charge >= 0.3 is 0 Å². The van der Waals surface area contributed by atoms with Gasteiger partial charge in [-0.3, -0.25) is 9.59 Å². The van der Waals surface area contributed by atoms with Crippen LogP contribution in [0.2, 0.25) is 0 Å². The van der Waals surface area contributed by atoms with Crippen LogP contribution in [0.5, 0.6) is 0 Å². The Balaban J connectivity index is 1.82. The topological polar surface area (TPSA) is 49.4 Å². The summed E-state index contributed by atoms with van der Waals surface area (Å²) in [5.74, 6) is -0.0554. The normalized spacial score (nSPS) is 13.4. The lowest BCUT2D eigenvalue weighted by molar-refractivity contribution is -0.116.